The summed E-state index contributed by atoms with van der Waals surface area (Å²) in [6, 6.07) is 15.8. The van der Waals surface area contributed by atoms with Gasteiger partial charge in [-0.05, 0) is 49.1 Å². The van der Waals surface area contributed by atoms with Gasteiger partial charge >= 0.3 is 0 Å². The number of para-hydroxylation sites is 1. The summed E-state index contributed by atoms with van der Waals surface area (Å²) in [6.07, 6.45) is 1.63. The number of ether oxygens (including phenoxy) is 1. The smallest absolute Gasteiger partial charge is 0.253 e. The summed E-state index contributed by atoms with van der Waals surface area (Å²) in [7, 11) is 5.22. The van der Waals surface area contributed by atoms with Crippen molar-refractivity contribution in [3.05, 3.63) is 65.2 Å². The van der Waals surface area contributed by atoms with Gasteiger partial charge in [-0.3, -0.25) is 9.79 Å². The highest BCUT2D eigenvalue weighted by Crippen LogP contribution is 2.17. The van der Waals surface area contributed by atoms with Crippen molar-refractivity contribution in [2.24, 2.45) is 4.99 Å². The zero-order valence-corrected chi connectivity index (χ0v) is 17.9. The van der Waals surface area contributed by atoms with Gasteiger partial charge in [0.1, 0.15) is 5.75 Å². The SMILES string of the molecule is CCNC(=NCCc1ccccc1OC)NCCc1cccc(C(=O)N(C)C)c1. The predicted molar refractivity (Wildman–Crippen MR) is 119 cm³/mol. The third-order valence-electron chi connectivity index (χ3n) is 4.47. The van der Waals surface area contributed by atoms with Gasteiger partial charge in [0.05, 0.1) is 7.11 Å². The summed E-state index contributed by atoms with van der Waals surface area (Å²) in [4.78, 5) is 18.4. The second-order valence-corrected chi connectivity index (χ2v) is 6.90. The van der Waals surface area contributed by atoms with Crippen molar-refractivity contribution in [1.82, 2.24) is 15.5 Å². The first-order valence-electron chi connectivity index (χ1n) is 9.99. The maximum Gasteiger partial charge on any atom is 0.253 e. The Balaban J connectivity index is 1.90. The molecule has 2 aromatic carbocycles. The number of nitrogens with zero attached hydrogens (tertiary/aromatic N) is 2. The van der Waals surface area contributed by atoms with Gasteiger partial charge in [0.25, 0.3) is 5.91 Å². The molecular weight excluding hydrogens is 364 g/mol. The average molecular weight is 397 g/mol. The van der Waals surface area contributed by atoms with Crippen LogP contribution in [0.2, 0.25) is 0 Å². The number of nitrogens with one attached hydrogen (secondary N) is 2. The molecular formula is C23H32N4O2. The van der Waals surface area contributed by atoms with Crippen LogP contribution in [0, 0.1) is 0 Å². The maximum absolute atomic E-state index is 12.1. The summed E-state index contributed by atoms with van der Waals surface area (Å²) in [5.41, 5.74) is 2.98. The van der Waals surface area contributed by atoms with E-state index < -0.39 is 0 Å². The fraction of sp³-hybridized carbons (Fsp3) is 0.391. The van der Waals surface area contributed by atoms with Crippen LogP contribution in [-0.4, -0.2) is 57.6 Å². The number of aliphatic imine (C=N–C) groups is 1. The molecule has 0 heterocycles. The molecule has 0 radical (unpaired) electrons. The lowest BCUT2D eigenvalue weighted by Gasteiger charge is -2.13. The van der Waals surface area contributed by atoms with E-state index in [0.29, 0.717) is 12.1 Å². The van der Waals surface area contributed by atoms with E-state index in [9.17, 15) is 4.79 Å². The Hall–Kier alpha value is -3.02. The first-order valence-corrected chi connectivity index (χ1v) is 9.99. The normalized spacial score (nSPS) is 11.1. The Morgan fingerprint density at radius 3 is 2.59 bits per heavy atom. The second-order valence-electron chi connectivity index (χ2n) is 6.90. The van der Waals surface area contributed by atoms with Gasteiger partial charge in [0.15, 0.2) is 5.96 Å². The van der Waals surface area contributed by atoms with Gasteiger partial charge < -0.3 is 20.3 Å². The molecule has 2 aromatic rings. The van der Waals surface area contributed by atoms with Crippen LogP contribution in [0.1, 0.15) is 28.4 Å². The van der Waals surface area contributed by atoms with Crippen molar-refractivity contribution in [2.75, 3.05) is 40.8 Å². The van der Waals surface area contributed by atoms with E-state index in [2.05, 4.69) is 21.7 Å². The molecule has 6 nitrogen and oxygen atoms in total. The van der Waals surface area contributed by atoms with Crippen LogP contribution in [0.15, 0.2) is 53.5 Å². The minimum Gasteiger partial charge on any atom is -0.496 e. The van der Waals surface area contributed by atoms with Crippen LogP contribution >= 0.6 is 0 Å². The van der Waals surface area contributed by atoms with E-state index >= 15 is 0 Å². The molecule has 2 N–H and O–H groups in total. The maximum atomic E-state index is 12.1. The predicted octanol–water partition coefficient (Wildman–Crippen LogP) is 2.74. The van der Waals surface area contributed by atoms with Gasteiger partial charge in [0.2, 0.25) is 0 Å². The largest absolute Gasteiger partial charge is 0.496 e. The molecule has 0 aliphatic carbocycles. The Labute approximate surface area is 174 Å². The highest BCUT2D eigenvalue weighted by molar-refractivity contribution is 5.94. The molecule has 0 saturated carbocycles. The molecule has 6 heteroatoms. The van der Waals surface area contributed by atoms with Crippen molar-refractivity contribution in [1.29, 1.82) is 0 Å². The highest BCUT2D eigenvalue weighted by Gasteiger charge is 2.08. The topological polar surface area (TPSA) is 66.0 Å². The Kier molecular flexibility index (Phi) is 9.02. The van der Waals surface area contributed by atoms with Crippen LogP contribution in [0.25, 0.3) is 0 Å². The van der Waals surface area contributed by atoms with Crippen molar-refractivity contribution in [3.63, 3.8) is 0 Å². The van der Waals surface area contributed by atoms with Crippen molar-refractivity contribution >= 4 is 11.9 Å². The van der Waals surface area contributed by atoms with Crippen molar-refractivity contribution < 1.29 is 9.53 Å². The number of guanidine groups is 1. The molecule has 156 valence electrons. The summed E-state index contributed by atoms with van der Waals surface area (Å²) < 4.78 is 5.40. The van der Waals surface area contributed by atoms with Crippen molar-refractivity contribution in [3.8, 4) is 5.75 Å². The van der Waals surface area contributed by atoms with Gasteiger partial charge in [-0.25, -0.2) is 0 Å². The van der Waals surface area contributed by atoms with Gasteiger partial charge in [0, 0.05) is 39.3 Å². The third-order valence-corrected chi connectivity index (χ3v) is 4.47. The molecule has 29 heavy (non-hydrogen) atoms. The highest BCUT2D eigenvalue weighted by atomic mass is 16.5. The molecule has 0 bridgehead atoms. The third kappa shape index (κ3) is 7.14. The lowest BCUT2D eigenvalue weighted by atomic mass is 10.1. The number of carbonyl (C=O) groups is 1. The van der Waals surface area contributed by atoms with E-state index in [4.69, 9.17) is 4.74 Å². The summed E-state index contributed by atoms with van der Waals surface area (Å²) in [5.74, 6) is 1.71. The summed E-state index contributed by atoms with van der Waals surface area (Å²) >= 11 is 0. The Morgan fingerprint density at radius 2 is 1.86 bits per heavy atom. The summed E-state index contributed by atoms with van der Waals surface area (Å²) in [5, 5.41) is 6.64. The number of hydrogen-bond acceptors (Lipinski definition) is 3. The first-order chi connectivity index (χ1) is 14.0. The van der Waals surface area contributed by atoms with Crippen LogP contribution in [0.3, 0.4) is 0 Å². The Bertz CT molecular complexity index is 818. The van der Waals surface area contributed by atoms with E-state index in [1.165, 1.54) is 0 Å². The van der Waals surface area contributed by atoms with E-state index in [1.54, 1.807) is 26.1 Å². The molecule has 0 unspecified atom stereocenters. The molecule has 0 saturated heterocycles. The van der Waals surface area contributed by atoms with Gasteiger partial charge in [-0.2, -0.15) is 0 Å². The number of hydrogen-bond donors (Lipinski definition) is 2. The van der Waals surface area contributed by atoms with E-state index in [-0.39, 0.29) is 5.91 Å². The number of methoxy groups -OCH3 is 1. The fourth-order valence-electron chi connectivity index (χ4n) is 2.98. The second kappa shape index (κ2) is 11.7. The Morgan fingerprint density at radius 1 is 1.07 bits per heavy atom. The van der Waals surface area contributed by atoms with E-state index in [1.807, 2.05) is 49.4 Å². The van der Waals surface area contributed by atoms with Gasteiger partial charge in [-0.1, -0.05) is 30.3 Å². The van der Waals surface area contributed by atoms with Gasteiger partial charge in [-0.15, -0.1) is 0 Å². The average Bonchev–Trinajstić information content (AvgIpc) is 2.73. The first kappa shape index (κ1) is 22.3. The fourth-order valence-corrected chi connectivity index (χ4v) is 2.98. The number of carbonyl (C=O) groups excluding carboxylic acids is 1. The lowest BCUT2D eigenvalue weighted by Crippen LogP contribution is -2.38. The zero-order chi connectivity index (χ0) is 21.1. The number of benzene rings is 2. The van der Waals surface area contributed by atoms with Crippen molar-refractivity contribution in [2.45, 2.75) is 19.8 Å². The molecule has 0 aromatic heterocycles. The zero-order valence-electron chi connectivity index (χ0n) is 17.9. The van der Waals surface area contributed by atoms with Crippen LogP contribution in [0.5, 0.6) is 5.75 Å². The van der Waals surface area contributed by atoms with Crippen LogP contribution < -0.4 is 15.4 Å². The molecule has 0 atom stereocenters. The van der Waals surface area contributed by atoms with Crippen LogP contribution in [0.4, 0.5) is 0 Å². The van der Waals surface area contributed by atoms with E-state index in [0.717, 1.165) is 48.8 Å². The minimum atomic E-state index is 0.0195. The standard InChI is InChI=1S/C23H32N4O2/c1-5-24-23(26-16-14-19-10-6-7-12-21(19)29-4)25-15-13-18-9-8-11-20(17-18)22(28)27(2)3/h6-12,17H,5,13-16H2,1-4H3,(H2,24,25,26). The molecule has 0 fully saturated rings. The quantitative estimate of drug-likeness (QED) is 0.505. The molecule has 0 spiro atoms. The molecule has 0 aliphatic heterocycles. The molecule has 2 rings (SSSR count). The number of rotatable bonds is 9. The molecule has 1 amide bonds. The minimum absolute atomic E-state index is 0.0195. The van der Waals surface area contributed by atoms with Crippen LogP contribution in [-0.2, 0) is 12.8 Å². The molecule has 0 aliphatic rings. The monoisotopic (exact) mass is 396 g/mol. The summed E-state index contributed by atoms with van der Waals surface area (Å²) in [6.45, 7) is 4.25. The lowest BCUT2D eigenvalue weighted by molar-refractivity contribution is 0.0827. The number of amides is 1.